The lowest BCUT2D eigenvalue weighted by Gasteiger charge is -2.31. The van der Waals surface area contributed by atoms with E-state index < -0.39 is 11.2 Å². The van der Waals surface area contributed by atoms with Gasteiger partial charge in [-0.25, -0.2) is 0 Å². The third kappa shape index (κ3) is 3.45. The molecule has 0 radical (unpaired) electrons. The molecule has 0 aliphatic carbocycles. The molecule has 0 saturated carbocycles. The monoisotopic (exact) mass is 367 g/mol. The van der Waals surface area contributed by atoms with Gasteiger partial charge in [0.05, 0.1) is 10.5 Å². The number of amides is 1. The Morgan fingerprint density at radius 1 is 1.07 bits per heavy atom. The molecule has 1 fully saturated rings. The first-order valence-corrected chi connectivity index (χ1v) is 9.23. The fourth-order valence-corrected chi connectivity index (χ4v) is 3.72. The minimum atomic E-state index is -0.759. The van der Waals surface area contributed by atoms with Gasteiger partial charge < -0.3 is 15.0 Å². The van der Waals surface area contributed by atoms with E-state index in [0.717, 1.165) is 31.6 Å². The molecule has 2 aromatic carbocycles. The van der Waals surface area contributed by atoms with E-state index in [4.69, 9.17) is 4.74 Å². The zero-order chi connectivity index (χ0) is 18.8. The summed E-state index contributed by atoms with van der Waals surface area (Å²) in [4.78, 5) is 25.6. The number of rotatable bonds is 3. The highest BCUT2D eigenvalue weighted by atomic mass is 16.6. The number of nitrogens with zero attached hydrogens (tertiary/aromatic N) is 2. The maximum absolute atomic E-state index is 12.5. The predicted molar refractivity (Wildman–Crippen MR) is 101 cm³/mol. The molecule has 7 nitrogen and oxygen atoms in total. The molecule has 0 bridgehead atoms. The fourth-order valence-electron chi connectivity index (χ4n) is 3.72. The van der Waals surface area contributed by atoms with Crippen LogP contribution in [0.4, 0.5) is 11.4 Å². The highest BCUT2D eigenvalue weighted by molar-refractivity contribution is 5.98. The lowest BCUT2D eigenvalue weighted by atomic mass is 10.1. The summed E-state index contributed by atoms with van der Waals surface area (Å²) in [5.41, 5.74) is 1.96. The van der Waals surface area contributed by atoms with Crippen LogP contribution >= 0.6 is 0 Å². The number of hydrogen-bond acceptors (Lipinski definition) is 5. The SMILES string of the molecule is O=C1N[C@@H](c2cc([N+](=O)[O-])ccc2N2CCCCCC2)Oc2ccccc21. The first-order chi connectivity index (χ1) is 13.1. The molecule has 1 N–H and O–H groups in total. The number of nitro groups is 1. The summed E-state index contributed by atoms with van der Waals surface area (Å²) in [5.74, 6) is 0.245. The van der Waals surface area contributed by atoms with Crippen LogP contribution in [-0.2, 0) is 0 Å². The predicted octanol–water partition coefficient (Wildman–Crippen LogP) is 3.80. The van der Waals surface area contributed by atoms with Crippen molar-refractivity contribution in [3.63, 3.8) is 0 Å². The Hall–Kier alpha value is -3.09. The van der Waals surface area contributed by atoms with Crippen molar-refractivity contribution in [3.05, 3.63) is 63.7 Å². The summed E-state index contributed by atoms with van der Waals surface area (Å²) in [6.45, 7) is 1.78. The second kappa shape index (κ2) is 7.26. The third-order valence-electron chi connectivity index (χ3n) is 5.09. The smallest absolute Gasteiger partial charge is 0.270 e. The van der Waals surface area contributed by atoms with Crippen LogP contribution in [0.25, 0.3) is 0 Å². The van der Waals surface area contributed by atoms with Crippen LogP contribution in [0, 0.1) is 10.1 Å². The van der Waals surface area contributed by atoms with Gasteiger partial charge in [-0.3, -0.25) is 14.9 Å². The minimum Gasteiger partial charge on any atom is -0.465 e. The minimum absolute atomic E-state index is 0.0136. The van der Waals surface area contributed by atoms with Crippen LogP contribution in [0.3, 0.4) is 0 Å². The van der Waals surface area contributed by atoms with Crippen LogP contribution < -0.4 is 15.0 Å². The van der Waals surface area contributed by atoms with Crippen molar-refractivity contribution in [2.45, 2.75) is 31.9 Å². The highest BCUT2D eigenvalue weighted by Gasteiger charge is 2.30. The van der Waals surface area contributed by atoms with Gasteiger partial charge in [0.1, 0.15) is 5.75 Å². The van der Waals surface area contributed by atoms with Gasteiger partial charge in [0, 0.05) is 36.5 Å². The Morgan fingerprint density at radius 3 is 2.56 bits per heavy atom. The molecule has 2 aromatic rings. The summed E-state index contributed by atoms with van der Waals surface area (Å²) in [6, 6.07) is 11.8. The molecular formula is C20H21N3O4. The first-order valence-electron chi connectivity index (χ1n) is 9.23. The summed E-state index contributed by atoms with van der Waals surface area (Å²) < 4.78 is 6.00. The maximum Gasteiger partial charge on any atom is 0.270 e. The number of fused-ring (bicyclic) bond motifs is 1. The molecule has 7 heteroatoms. The lowest BCUT2D eigenvalue weighted by molar-refractivity contribution is -0.385. The average molecular weight is 367 g/mol. The van der Waals surface area contributed by atoms with Gasteiger partial charge in [-0.05, 0) is 31.0 Å². The van der Waals surface area contributed by atoms with E-state index >= 15 is 0 Å². The molecule has 2 heterocycles. The quantitative estimate of drug-likeness (QED) is 0.659. The number of ether oxygens (including phenoxy) is 1. The van der Waals surface area contributed by atoms with E-state index in [-0.39, 0.29) is 11.6 Å². The Balaban J connectivity index is 1.74. The van der Waals surface area contributed by atoms with Crippen LogP contribution in [-0.4, -0.2) is 23.9 Å². The number of hydrogen-bond donors (Lipinski definition) is 1. The van der Waals surface area contributed by atoms with Gasteiger partial charge in [0.15, 0.2) is 0 Å². The summed E-state index contributed by atoms with van der Waals surface area (Å²) in [7, 11) is 0. The largest absolute Gasteiger partial charge is 0.465 e. The van der Waals surface area contributed by atoms with Crippen molar-refractivity contribution in [2.75, 3.05) is 18.0 Å². The number of nitro benzene ring substituents is 1. The number of benzene rings is 2. The normalized spacial score (nSPS) is 19.5. The van der Waals surface area contributed by atoms with E-state index in [2.05, 4.69) is 10.2 Å². The van der Waals surface area contributed by atoms with E-state index in [9.17, 15) is 14.9 Å². The molecule has 1 amide bonds. The van der Waals surface area contributed by atoms with E-state index in [1.165, 1.54) is 25.0 Å². The second-order valence-electron chi connectivity index (χ2n) is 6.87. The van der Waals surface area contributed by atoms with Gasteiger partial charge in [0.2, 0.25) is 6.23 Å². The first kappa shape index (κ1) is 17.3. The fraction of sp³-hybridized carbons (Fsp3) is 0.350. The zero-order valence-electron chi connectivity index (χ0n) is 14.9. The van der Waals surface area contributed by atoms with Crippen molar-refractivity contribution in [1.82, 2.24) is 5.32 Å². The Labute approximate surface area is 157 Å². The molecular weight excluding hydrogens is 346 g/mol. The maximum atomic E-state index is 12.5. The Kier molecular flexibility index (Phi) is 4.66. The van der Waals surface area contributed by atoms with Gasteiger partial charge in [0.25, 0.3) is 11.6 Å². The topological polar surface area (TPSA) is 84.7 Å². The van der Waals surface area contributed by atoms with Crippen LogP contribution in [0.15, 0.2) is 42.5 Å². The standard InChI is InChI=1S/C20H21N3O4/c24-19-15-7-3-4-8-18(15)27-20(21-19)16-13-14(23(25)26)9-10-17(16)22-11-5-1-2-6-12-22/h3-4,7-10,13,20H,1-2,5-6,11-12H2,(H,21,24)/t20-/m1/s1. The van der Waals surface area contributed by atoms with Crippen molar-refractivity contribution in [3.8, 4) is 5.75 Å². The van der Waals surface area contributed by atoms with Gasteiger partial charge in [-0.1, -0.05) is 25.0 Å². The summed E-state index contributed by atoms with van der Waals surface area (Å²) >= 11 is 0. The number of carbonyl (C=O) groups is 1. The van der Waals surface area contributed by atoms with E-state index in [0.29, 0.717) is 16.9 Å². The van der Waals surface area contributed by atoms with Gasteiger partial charge >= 0.3 is 0 Å². The molecule has 4 rings (SSSR count). The molecule has 1 atom stereocenters. The number of non-ortho nitro benzene ring substituents is 1. The average Bonchev–Trinajstić information content (AvgIpc) is 2.97. The van der Waals surface area contributed by atoms with Crippen molar-refractivity contribution < 1.29 is 14.5 Å². The van der Waals surface area contributed by atoms with Gasteiger partial charge in [-0.2, -0.15) is 0 Å². The van der Waals surface area contributed by atoms with Crippen LogP contribution in [0.2, 0.25) is 0 Å². The molecule has 27 heavy (non-hydrogen) atoms. The summed E-state index contributed by atoms with van der Waals surface area (Å²) in [5, 5.41) is 14.1. The molecule has 1 saturated heterocycles. The molecule has 140 valence electrons. The number of carbonyl (C=O) groups excluding carboxylic acids is 1. The molecule has 0 unspecified atom stereocenters. The van der Waals surface area contributed by atoms with Crippen LogP contribution in [0.1, 0.15) is 47.8 Å². The molecule has 2 aliphatic heterocycles. The summed E-state index contributed by atoms with van der Waals surface area (Å²) in [6.07, 6.45) is 3.77. The van der Waals surface area contributed by atoms with E-state index in [1.54, 1.807) is 30.3 Å². The zero-order valence-corrected chi connectivity index (χ0v) is 14.9. The van der Waals surface area contributed by atoms with E-state index in [1.807, 2.05) is 0 Å². The highest BCUT2D eigenvalue weighted by Crippen LogP contribution is 2.36. The number of anilines is 1. The van der Waals surface area contributed by atoms with Crippen molar-refractivity contribution in [2.24, 2.45) is 0 Å². The molecule has 0 spiro atoms. The second-order valence-corrected chi connectivity index (χ2v) is 6.87. The Bertz CT molecular complexity index is 875. The molecule has 0 aromatic heterocycles. The lowest BCUT2D eigenvalue weighted by Crippen LogP contribution is -2.38. The number of para-hydroxylation sites is 1. The third-order valence-corrected chi connectivity index (χ3v) is 5.09. The van der Waals surface area contributed by atoms with Crippen molar-refractivity contribution in [1.29, 1.82) is 0 Å². The van der Waals surface area contributed by atoms with Crippen LogP contribution in [0.5, 0.6) is 5.75 Å². The Morgan fingerprint density at radius 2 is 1.81 bits per heavy atom. The van der Waals surface area contributed by atoms with Crippen molar-refractivity contribution >= 4 is 17.3 Å². The number of nitrogens with one attached hydrogen (secondary N) is 1. The molecule has 2 aliphatic rings. The van der Waals surface area contributed by atoms with Gasteiger partial charge in [-0.15, -0.1) is 0 Å².